The van der Waals surface area contributed by atoms with Crippen LogP contribution in [0.4, 0.5) is 5.82 Å². The van der Waals surface area contributed by atoms with Crippen molar-refractivity contribution in [3.05, 3.63) is 47.2 Å². The minimum atomic E-state index is -0.933. The van der Waals surface area contributed by atoms with Gasteiger partial charge in [-0.15, -0.1) is 0 Å². The smallest absolute Gasteiger partial charge is 0.341 e. The van der Waals surface area contributed by atoms with E-state index in [1.54, 1.807) is 18.7 Å². The SMILES string of the molecule is CCN(Cc1ccccc1)c1c(C(=O)O)c(C)nn1C. The largest absolute Gasteiger partial charge is 0.477 e. The molecule has 5 nitrogen and oxygen atoms in total. The normalized spacial score (nSPS) is 10.6. The van der Waals surface area contributed by atoms with E-state index in [1.807, 2.05) is 42.2 Å². The molecule has 0 radical (unpaired) electrons. The number of hydrogen-bond donors (Lipinski definition) is 1. The Hall–Kier alpha value is -2.30. The molecule has 5 heteroatoms. The fourth-order valence-corrected chi connectivity index (χ4v) is 2.40. The quantitative estimate of drug-likeness (QED) is 0.909. The molecule has 2 rings (SSSR count). The standard InChI is InChI=1S/C15H19N3O2/c1-4-18(10-12-8-6-5-7-9-12)14-13(15(19)20)11(2)16-17(14)3/h5-9H,4,10H2,1-3H3,(H,19,20). The molecule has 1 aromatic carbocycles. The van der Waals surface area contributed by atoms with Crippen molar-refractivity contribution in [1.82, 2.24) is 9.78 Å². The summed E-state index contributed by atoms with van der Waals surface area (Å²) in [6.07, 6.45) is 0. The molecule has 0 aliphatic rings. The first-order valence-corrected chi connectivity index (χ1v) is 6.60. The Morgan fingerprint density at radius 1 is 1.35 bits per heavy atom. The lowest BCUT2D eigenvalue weighted by atomic mass is 10.2. The predicted molar refractivity (Wildman–Crippen MR) is 78.1 cm³/mol. The number of aromatic nitrogens is 2. The van der Waals surface area contributed by atoms with Gasteiger partial charge in [-0.1, -0.05) is 30.3 Å². The van der Waals surface area contributed by atoms with Gasteiger partial charge in [-0.3, -0.25) is 4.68 Å². The summed E-state index contributed by atoms with van der Waals surface area (Å²) in [7, 11) is 1.78. The van der Waals surface area contributed by atoms with Crippen LogP contribution in [0.3, 0.4) is 0 Å². The predicted octanol–water partition coefficient (Wildman–Crippen LogP) is 2.45. The highest BCUT2D eigenvalue weighted by atomic mass is 16.4. The molecular weight excluding hydrogens is 254 g/mol. The summed E-state index contributed by atoms with van der Waals surface area (Å²) in [5.74, 6) is -0.279. The van der Waals surface area contributed by atoms with Gasteiger partial charge < -0.3 is 10.0 Å². The molecule has 0 amide bonds. The molecule has 106 valence electrons. The molecular formula is C15H19N3O2. The maximum atomic E-state index is 11.4. The second-order valence-electron chi connectivity index (χ2n) is 4.71. The molecule has 0 fully saturated rings. The topological polar surface area (TPSA) is 58.4 Å². The first kappa shape index (κ1) is 14.1. The van der Waals surface area contributed by atoms with Gasteiger partial charge in [0.15, 0.2) is 0 Å². The second kappa shape index (κ2) is 5.77. The zero-order valence-electron chi connectivity index (χ0n) is 12.0. The minimum absolute atomic E-state index is 0.283. The Labute approximate surface area is 118 Å². The molecule has 2 aromatic rings. The molecule has 0 saturated carbocycles. The van der Waals surface area contributed by atoms with Gasteiger partial charge in [0.2, 0.25) is 0 Å². The molecule has 1 aromatic heterocycles. The first-order valence-electron chi connectivity index (χ1n) is 6.60. The van der Waals surface area contributed by atoms with Gasteiger partial charge in [0, 0.05) is 20.1 Å². The second-order valence-corrected chi connectivity index (χ2v) is 4.71. The van der Waals surface area contributed by atoms with Crippen LogP contribution in [0.25, 0.3) is 0 Å². The summed E-state index contributed by atoms with van der Waals surface area (Å²) in [6, 6.07) is 10.0. The molecule has 0 aliphatic heterocycles. The van der Waals surface area contributed by atoms with Gasteiger partial charge in [-0.2, -0.15) is 5.10 Å². The molecule has 20 heavy (non-hydrogen) atoms. The van der Waals surface area contributed by atoms with Crippen LogP contribution in [0.2, 0.25) is 0 Å². The average molecular weight is 273 g/mol. The number of carbonyl (C=O) groups is 1. The molecule has 0 saturated heterocycles. The zero-order valence-corrected chi connectivity index (χ0v) is 12.0. The molecule has 0 unspecified atom stereocenters. The summed E-state index contributed by atoms with van der Waals surface area (Å²) < 4.78 is 1.64. The van der Waals surface area contributed by atoms with Crippen molar-refractivity contribution < 1.29 is 9.90 Å². The minimum Gasteiger partial charge on any atom is -0.477 e. The van der Waals surface area contributed by atoms with Crippen molar-refractivity contribution in [3.8, 4) is 0 Å². The first-order chi connectivity index (χ1) is 9.54. The lowest BCUT2D eigenvalue weighted by Gasteiger charge is -2.23. The van der Waals surface area contributed by atoms with Crippen LogP contribution >= 0.6 is 0 Å². The van der Waals surface area contributed by atoms with Crippen LogP contribution in [0, 0.1) is 6.92 Å². The van der Waals surface area contributed by atoms with Gasteiger partial charge in [0.25, 0.3) is 0 Å². The van der Waals surface area contributed by atoms with E-state index in [0.717, 1.165) is 5.56 Å². The van der Waals surface area contributed by atoms with Crippen LogP contribution in [-0.4, -0.2) is 27.4 Å². The number of benzene rings is 1. The van der Waals surface area contributed by atoms with E-state index in [1.165, 1.54) is 0 Å². The van der Waals surface area contributed by atoms with Crippen molar-refractivity contribution in [1.29, 1.82) is 0 Å². The maximum Gasteiger partial charge on any atom is 0.341 e. The van der Waals surface area contributed by atoms with E-state index in [4.69, 9.17) is 0 Å². The number of nitrogens with zero attached hydrogens (tertiary/aromatic N) is 3. The van der Waals surface area contributed by atoms with Crippen LogP contribution in [0.5, 0.6) is 0 Å². The van der Waals surface area contributed by atoms with E-state index >= 15 is 0 Å². The number of anilines is 1. The summed E-state index contributed by atoms with van der Waals surface area (Å²) in [4.78, 5) is 13.5. The van der Waals surface area contributed by atoms with Crippen LogP contribution in [0.1, 0.15) is 28.5 Å². The summed E-state index contributed by atoms with van der Waals surface area (Å²) in [5, 5.41) is 13.6. The number of hydrogen-bond acceptors (Lipinski definition) is 3. The molecule has 1 N–H and O–H groups in total. The lowest BCUT2D eigenvalue weighted by Crippen LogP contribution is -2.26. The number of rotatable bonds is 5. The van der Waals surface area contributed by atoms with E-state index in [-0.39, 0.29) is 5.56 Å². The monoisotopic (exact) mass is 273 g/mol. The summed E-state index contributed by atoms with van der Waals surface area (Å²) in [6.45, 7) is 5.12. The fraction of sp³-hybridized carbons (Fsp3) is 0.333. The molecule has 0 atom stereocenters. The Morgan fingerprint density at radius 2 is 2.00 bits per heavy atom. The van der Waals surface area contributed by atoms with Crippen LogP contribution in [-0.2, 0) is 13.6 Å². The molecule has 0 bridgehead atoms. The highest BCUT2D eigenvalue weighted by Gasteiger charge is 2.23. The summed E-state index contributed by atoms with van der Waals surface area (Å²) >= 11 is 0. The highest BCUT2D eigenvalue weighted by Crippen LogP contribution is 2.24. The van der Waals surface area contributed by atoms with Gasteiger partial charge in [0.05, 0.1) is 5.69 Å². The third kappa shape index (κ3) is 2.66. The van der Waals surface area contributed by atoms with E-state index in [2.05, 4.69) is 5.10 Å². The van der Waals surface area contributed by atoms with Gasteiger partial charge in [0.1, 0.15) is 11.4 Å². The maximum absolute atomic E-state index is 11.4. The van der Waals surface area contributed by atoms with Gasteiger partial charge >= 0.3 is 5.97 Å². The Morgan fingerprint density at radius 3 is 2.55 bits per heavy atom. The highest BCUT2D eigenvalue weighted by molar-refractivity contribution is 5.94. The van der Waals surface area contributed by atoms with Crippen molar-refractivity contribution in [2.45, 2.75) is 20.4 Å². The molecule has 1 heterocycles. The number of carboxylic acid groups (broad SMARTS) is 1. The van der Waals surface area contributed by atoms with Crippen molar-refractivity contribution >= 4 is 11.8 Å². The Balaban J connectivity index is 2.40. The zero-order chi connectivity index (χ0) is 14.7. The Bertz CT molecular complexity index is 605. The van der Waals surface area contributed by atoms with Crippen molar-refractivity contribution in [3.63, 3.8) is 0 Å². The number of carboxylic acids is 1. The average Bonchev–Trinajstić information content (AvgIpc) is 2.72. The third-order valence-electron chi connectivity index (χ3n) is 3.30. The summed E-state index contributed by atoms with van der Waals surface area (Å²) in [5.41, 5.74) is 1.97. The van der Waals surface area contributed by atoms with Crippen LogP contribution < -0.4 is 4.90 Å². The van der Waals surface area contributed by atoms with Crippen molar-refractivity contribution in [2.75, 3.05) is 11.4 Å². The van der Waals surface area contributed by atoms with Gasteiger partial charge in [-0.25, -0.2) is 4.79 Å². The van der Waals surface area contributed by atoms with Crippen LogP contribution in [0.15, 0.2) is 30.3 Å². The van der Waals surface area contributed by atoms with Gasteiger partial charge in [-0.05, 0) is 19.4 Å². The third-order valence-corrected chi connectivity index (χ3v) is 3.30. The molecule has 0 spiro atoms. The van der Waals surface area contributed by atoms with E-state index in [0.29, 0.717) is 24.6 Å². The number of aryl methyl sites for hydroxylation is 2. The van der Waals surface area contributed by atoms with E-state index < -0.39 is 5.97 Å². The fourth-order valence-electron chi connectivity index (χ4n) is 2.40. The lowest BCUT2D eigenvalue weighted by molar-refractivity contribution is 0.0696. The van der Waals surface area contributed by atoms with E-state index in [9.17, 15) is 9.90 Å². The molecule has 0 aliphatic carbocycles. The Kier molecular flexibility index (Phi) is 4.08. The van der Waals surface area contributed by atoms with Crippen molar-refractivity contribution in [2.24, 2.45) is 7.05 Å². The number of aromatic carboxylic acids is 1.